The highest BCUT2D eigenvalue weighted by molar-refractivity contribution is 5.76. The van der Waals surface area contributed by atoms with Gasteiger partial charge in [0.15, 0.2) is 0 Å². The van der Waals surface area contributed by atoms with Gasteiger partial charge in [0.2, 0.25) is 5.91 Å². The molecule has 18 heavy (non-hydrogen) atoms. The highest BCUT2D eigenvalue weighted by atomic mass is 16.1. The molecule has 0 saturated carbocycles. The molecular formula is C16H21NO. The summed E-state index contributed by atoms with van der Waals surface area (Å²) in [7, 11) is 0. The first-order valence-electron chi connectivity index (χ1n) is 6.33. The molecule has 2 N–H and O–H groups in total. The van der Waals surface area contributed by atoms with Crippen LogP contribution < -0.4 is 5.73 Å². The molecule has 1 rings (SSSR count). The van der Waals surface area contributed by atoms with Gasteiger partial charge in [-0.1, -0.05) is 57.7 Å². The lowest BCUT2D eigenvalue weighted by Gasteiger charge is -2.15. The number of rotatable bonds is 3. The molecule has 0 aliphatic heterocycles. The molecule has 0 heterocycles. The summed E-state index contributed by atoms with van der Waals surface area (Å²) in [4.78, 5) is 10.7. The van der Waals surface area contributed by atoms with Crippen molar-refractivity contribution in [3.05, 3.63) is 34.9 Å². The molecule has 1 aromatic carbocycles. The van der Waals surface area contributed by atoms with Crippen LogP contribution in [0.3, 0.4) is 0 Å². The maximum Gasteiger partial charge on any atom is 0.229 e. The molecule has 0 unspecified atom stereocenters. The zero-order valence-corrected chi connectivity index (χ0v) is 11.6. The summed E-state index contributed by atoms with van der Waals surface area (Å²) in [5.41, 5.74) is 8.64. The van der Waals surface area contributed by atoms with Crippen molar-refractivity contribution in [3.63, 3.8) is 0 Å². The number of nitrogens with two attached hydrogens (primary N) is 1. The molecule has 0 saturated heterocycles. The number of carbonyl (C=O) groups is 1. The summed E-state index contributed by atoms with van der Waals surface area (Å²) in [6, 6.07) is 6.28. The Labute approximate surface area is 110 Å². The fraction of sp³-hybridized carbons (Fsp3) is 0.438. The van der Waals surface area contributed by atoms with Crippen LogP contribution in [0.1, 0.15) is 62.6 Å². The van der Waals surface area contributed by atoms with Crippen LogP contribution in [0.4, 0.5) is 0 Å². The lowest BCUT2D eigenvalue weighted by Crippen LogP contribution is -2.08. The Kier molecular flexibility index (Phi) is 4.97. The second-order valence-corrected chi connectivity index (χ2v) is 5.07. The van der Waals surface area contributed by atoms with E-state index in [9.17, 15) is 4.79 Å². The molecule has 0 fully saturated rings. The van der Waals surface area contributed by atoms with Crippen LogP contribution in [0.25, 0.3) is 0 Å². The van der Waals surface area contributed by atoms with Crippen molar-refractivity contribution in [2.75, 3.05) is 0 Å². The molecule has 0 radical (unpaired) electrons. The number of benzene rings is 1. The minimum absolute atomic E-state index is 0.115. The summed E-state index contributed by atoms with van der Waals surface area (Å²) in [6.45, 7) is 8.61. The van der Waals surface area contributed by atoms with E-state index in [0.717, 1.165) is 5.56 Å². The largest absolute Gasteiger partial charge is 0.369 e. The van der Waals surface area contributed by atoms with Crippen LogP contribution in [-0.4, -0.2) is 5.91 Å². The van der Waals surface area contributed by atoms with Crippen molar-refractivity contribution >= 4 is 5.91 Å². The fourth-order valence-electron chi connectivity index (χ4n) is 1.92. The summed E-state index contributed by atoms with van der Waals surface area (Å²) in [5, 5.41) is 0. The first kappa shape index (κ1) is 14.3. The van der Waals surface area contributed by atoms with Gasteiger partial charge in [0.1, 0.15) is 0 Å². The lowest BCUT2D eigenvalue weighted by molar-refractivity contribution is -0.117. The van der Waals surface area contributed by atoms with Gasteiger partial charge in [-0.3, -0.25) is 4.79 Å². The molecule has 2 nitrogen and oxygen atoms in total. The summed E-state index contributed by atoms with van der Waals surface area (Å²) >= 11 is 0. The summed E-state index contributed by atoms with van der Waals surface area (Å²) in [6.07, 6.45) is 0.115. The third kappa shape index (κ3) is 3.63. The SMILES string of the molecule is CC(C)c1cccc(C(C)C)c1C#CCC(N)=O. The average molecular weight is 243 g/mol. The predicted octanol–water partition coefficient (Wildman–Crippen LogP) is 3.16. The van der Waals surface area contributed by atoms with E-state index in [1.165, 1.54) is 11.1 Å². The molecule has 0 aliphatic rings. The van der Waals surface area contributed by atoms with Crippen LogP contribution in [-0.2, 0) is 4.79 Å². The number of carbonyl (C=O) groups excluding carboxylic acids is 1. The fourth-order valence-corrected chi connectivity index (χ4v) is 1.92. The van der Waals surface area contributed by atoms with Crippen LogP contribution in [0.5, 0.6) is 0 Å². The maximum atomic E-state index is 10.7. The first-order valence-corrected chi connectivity index (χ1v) is 6.33. The van der Waals surface area contributed by atoms with Crippen molar-refractivity contribution < 1.29 is 4.79 Å². The minimum Gasteiger partial charge on any atom is -0.369 e. The van der Waals surface area contributed by atoms with E-state index in [2.05, 4.69) is 57.7 Å². The molecule has 0 atom stereocenters. The van der Waals surface area contributed by atoms with Crippen molar-refractivity contribution in [2.24, 2.45) is 5.73 Å². The van der Waals surface area contributed by atoms with Crippen LogP contribution in [0.2, 0.25) is 0 Å². The van der Waals surface area contributed by atoms with Crippen molar-refractivity contribution in [1.29, 1.82) is 0 Å². The molecule has 1 aromatic rings. The van der Waals surface area contributed by atoms with E-state index in [-0.39, 0.29) is 12.3 Å². The Hall–Kier alpha value is -1.75. The van der Waals surface area contributed by atoms with E-state index >= 15 is 0 Å². The molecule has 96 valence electrons. The standard InChI is InChI=1S/C16H21NO/c1-11(2)13-7-5-8-14(12(3)4)15(13)9-6-10-16(17)18/h5,7-8,11-12H,10H2,1-4H3,(H2,17,18). The average Bonchev–Trinajstić information content (AvgIpc) is 2.28. The zero-order valence-electron chi connectivity index (χ0n) is 11.6. The van der Waals surface area contributed by atoms with Crippen LogP contribution in [0, 0.1) is 11.8 Å². The van der Waals surface area contributed by atoms with Gasteiger partial charge in [-0.2, -0.15) is 0 Å². The quantitative estimate of drug-likeness (QED) is 0.814. The normalized spacial score (nSPS) is 10.3. The van der Waals surface area contributed by atoms with Crippen molar-refractivity contribution in [1.82, 2.24) is 0 Å². The highest BCUT2D eigenvalue weighted by Crippen LogP contribution is 2.26. The molecule has 0 bridgehead atoms. The molecular weight excluding hydrogens is 222 g/mol. The second kappa shape index (κ2) is 6.26. The Bertz CT molecular complexity index is 463. The van der Waals surface area contributed by atoms with E-state index in [1.807, 2.05) is 0 Å². The molecule has 0 aromatic heterocycles. The third-order valence-electron chi connectivity index (χ3n) is 2.85. The Morgan fingerprint density at radius 3 is 2.06 bits per heavy atom. The molecule has 0 spiro atoms. The minimum atomic E-state index is -0.379. The van der Waals surface area contributed by atoms with Gasteiger partial charge in [-0.25, -0.2) is 0 Å². The van der Waals surface area contributed by atoms with Gasteiger partial charge in [0, 0.05) is 5.56 Å². The number of hydrogen-bond donors (Lipinski definition) is 1. The molecule has 2 heteroatoms. The smallest absolute Gasteiger partial charge is 0.229 e. The van der Waals surface area contributed by atoms with Crippen molar-refractivity contribution in [2.45, 2.75) is 46.0 Å². The Morgan fingerprint density at radius 2 is 1.67 bits per heavy atom. The van der Waals surface area contributed by atoms with Gasteiger partial charge in [-0.05, 0) is 23.0 Å². The van der Waals surface area contributed by atoms with Gasteiger partial charge in [0.05, 0.1) is 6.42 Å². The number of hydrogen-bond acceptors (Lipinski definition) is 1. The van der Waals surface area contributed by atoms with Gasteiger partial charge < -0.3 is 5.73 Å². The highest BCUT2D eigenvalue weighted by Gasteiger charge is 2.11. The zero-order chi connectivity index (χ0) is 13.7. The van der Waals surface area contributed by atoms with Gasteiger partial charge >= 0.3 is 0 Å². The Morgan fingerprint density at radius 1 is 1.17 bits per heavy atom. The summed E-state index contributed by atoms with van der Waals surface area (Å²) in [5.74, 6) is 6.45. The van der Waals surface area contributed by atoms with Crippen molar-refractivity contribution in [3.8, 4) is 11.8 Å². The third-order valence-corrected chi connectivity index (χ3v) is 2.85. The Balaban J connectivity index is 3.25. The van der Waals surface area contributed by atoms with Crippen LogP contribution >= 0.6 is 0 Å². The molecule has 1 amide bonds. The second-order valence-electron chi connectivity index (χ2n) is 5.07. The predicted molar refractivity (Wildman–Crippen MR) is 75.3 cm³/mol. The summed E-state index contributed by atoms with van der Waals surface area (Å²) < 4.78 is 0. The van der Waals surface area contributed by atoms with Gasteiger partial charge in [-0.15, -0.1) is 0 Å². The van der Waals surface area contributed by atoms with E-state index in [4.69, 9.17) is 5.73 Å². The van der Waals surface area contributed by atoms with Gasteiger partial charge in [0.25, 0.3) is 0 Å². The monoisotopic (exact) mass is 243 g/mol. The van der Waals surface area contributed by atoms with E-state index in [0.29, 0.717) is 11.8 Å². The van der Waals surface area contributed by atoms with Crippen LogP contribution in [0.15, 0.2) is 18.2 Å². The van der Waals surface area contributed by atoms with E-state index in [1.54, 1.807) is 0 Å². The molecule has 0 aliphatic carbocycles. The topological polar surface area (TPSA) is 43.1 Å². The number of primary amides is 1. The lowest BCUT2D eigenvalue weighted by atomic mass is 9.89. The first-order chi connectivity index (χ1) is 8.43. The maximum absolute atomic E-state index is 10.7. The van der Waals surface area contributed by atoms with E-state index < -0.39 is 0 Å². The number of amides is 1.